The maximum atomic E-state index is 12.9. The molecule has 0 spiro atoms. The highest BCUT2D eigenvalue weighted by atomic mass is 32.1. The lowest BCUT2D eigenvalue weighted by atomic mass is 9.94. The molecule has 0 radical (unpaired) electrons. The smallest absolute Gasteiger partial charge is 0.342 e. The monoisotopic (exact) mass is 494 g/mol. The van der Waals surface area contributed by atoms with E-state index >= 15 is 0 Å². The van der Waals surface area contributed by atoms with Crippen molar-refractivity contribution in [1.29, 1.82) is 0 Å². The molecule has 2 heterocycles. The molecule has 1 aromatic carbocycles. The summed E-state index contributed by atoms with van der Waals surface area (Å²) in [5, 5.41) is 4.93. The van der Waals surface area contributed by atoms with Gasteiger partial charge in [0.2, 0.25) is 5.91 Å². The summed E-state index contributed by atoms with van der Waals surface area (Å²) in [4.78, 5) is 34.0. The van der Waals surface area contributed by atoms with Crippen molar-refractivity contribution in [3.8, 4) is 0 Å². The van der Waals surface area contributed by atoms with E-state index in [9.17, 15) is 22.8 Å². The van der Waals surface area contributed by atoms with Gasteiger partial charge in [0, 0.05) is 24.0 Å². The van der Waals surface area contributed by atoms with E-state index in [0.29, 0.717) is 17.7 Å². The van der Waals surface area contributed by atoms with Gasteiger partial charge in [-0.15, -0.1) is 11.3 Å². The summed E-state index contributed by atoms with van der Waals surface area (Å²) in [5.41, 5.74) is 0.132. The number of anilines is 1. The summed E-state index contributed by atoms with van der Waals surface area (Å²) in [6.07, 6.45) is 3.14. The number of carbonyl (C=O) groups is 2. The number of benzene rings is 1. The molecule has 2 aliphatic rings. The first-order valence-electron chi connectivity index (χ1n) is 11.7. The molecule has 2 amide bonds. The Hall–Kier alpha value is -2.46. The third-order valence-corrected chi connectivity index (χ3v) is 7.55. The minimum atomic E-state index is -4.45. The molecule has 0 bridgehead atoms. The van der Waals surface area contributed by atoms with Crippen molar-refractivity contribution in [2.45, 2.75) is 63.2 Å². The molecule has 10 heteroatoms. The molecule has 2 fully saturated rings. The van der Waals surface area contributed by atoms with Crippen LogP contribution >= 0.6 is 11.3 Å². The number of hydrogen-bond donors (Lipinski definition) is 1. The second-order valence-electron chi connectivity index (χ2n) is 9.03. The highest BCUT2D eigenvalue weighted by Gasteiger charge is 2.32. The van der Waals surface area contributed by atoms with Gasteiger partial charge >= 0.3 is 6.18 Å². The molecule has 2 aromatic rings. The highest BCUT2D eigenvalue weighted by Crippen LogP contribution is 2.34. The number of rotatable bonds is 6. The maximum Gasteiger partial charge on any atom is 0.416 e. The normalized spacial score (nSPS) is 19.8. The van der Waals surface area contributed by atoms with Crippen LogP contribution < -0.4 is 5.32 Å². The molecule has 1 N–H and O–H groups in total. The summed E-state index contributed by atoms with van der Waals surface area (Å²) in [6.45, 7) is 1.17. The van der Waals surface area contributed by atoms with Crippen LogP contribution in [0.15, 0.2) is 29.6 Å². The lowest BCUT2D eigenvalue weighted by molar-refractivity contribution is -0.137. The molecule has 1 saturated carbocycles. The number of amides is 2. The fourth-order valence-corrected chi connectivity index (χ4v) is 5.54. The van der Waals surface area contributed by atoms with Gasteiger partial charge in [-0.1, -0.05) is 19.3 Å². The van der Waals surface area contributed by atoms with Crippen LogP contribution in [-0.4, -0.2) is 52.8 Å². The first-order valence-corrected chi connectivity index (χ1v) is 12.5. The van der Waals surface area contributed by atoms with E-state index in [4.69, 9.17) is 0 Å². The van der Waals surface area contributed by atoms with Gasteiger partial charge in [-0.25, -0.2) is 4.98 Å². The highest BCUT2D eigenvalue weighted by molar-refractivity contribution is 7.14. The third kappa shape index (κ3) is 5.78. The number of alkyl halides is 3. The number of thiazole rings is 1. The Kier molecular flexibility index (Phi) is 7.57. The molecule has 6 nitrogen and oxygen atoms in total. The van der Waals surface area contributed by atoms with Gasteiger partial charge in [0.25, 0.3) is 5.91 Å². The van der Waals surface area contributed by atoms with Crippen LogP contribution in [0, 0.1) is 0 Å². The van der Waals surface area contributed by atoms with Crippen LogP contribution in [0.4, 0.5) is 18.3 Å². The second kappa shape index (κ2) is 10.4. The number of nitrogens with one attached hydrogen (secondary N) is 1. The van der Waals surface area contributed by atoms with Crippen molar-refractivity contribution in [3.05, 3.63) is 46.5 Å². The molecule has 1 aromatic heterocycles. The van der Waals surface area contributed by atoms with Crippen molar-refractivity contribution >= 4 is 28.3 Å². The van der Waals surface area contributed by atoms with Crippen LogP contribution in [0.5, 0.6) is 0 Å². The molecule has 1 unspecified atom stereocenters. The van der Waals surface area contributed by atoms with Gasteiger partial charge in [-0.2, -0.15) is 13.2 Å². The van der Waals surface area contributed by atoms with Crippen LogP contribution in [0.2, 0.25) is 0 Å². The fraction of sp³-hybridized carbons (Fsp3) is 0.542. The van der Waals surface area contributed by atoms with Crippen LogP contribution in [-0.2, 0) is 11.0 Å². The Morgan fingerprint density at radius 2 is 1.82 bits per heavy atom. The number of hydrogen-bond acceptors (Lipinski definition) is 5. The number of nitrogens with zero attached hydrogens (tertiary/aromatic N) is 3. The summed E-state index contributed by atoms with van der Waals surface area (Å²) in [6, 6.07) is 4.42. The molecule has 1 atom stereocenters. The largest absolute Gasteiger partial charge is 0.416 e. The maximum absolute atomic E-state index is 12.9. The summed E-state index contributed by atoms with van der Waals surface area (Å²) < 4.78 is 38.2. The zero-order valence-electron chi connectivity index (χ0n) is 19.1. The molecular weight excluding hydrogens is 465 g/mol. The van der Waals surface area contributed by atoms with Crippen LogP contribution in [0.1, 0.15) is 72.6 Å². The van der Waals surface area contributed by atoms with Crippen molar-refractivity contribution in [2.24, 2.45) is 0 Å². The average molecular weight is 495 g/mol. The Balaban J connectivity index is 1.36. The number of halogens is 3. The Bertz CT molecular complexity index is 1000. The van der Waals surface area contributed by atoms with E-state index in [0.717, 1.165) is 62.2 Å². The van der Waals surface area contributed by atoms with E-state index < -0.39 is 17.6 Å². The second-order valence-corrected chi connectivity index (χ2v) is 9.89. The van der Waals surface area contributed by atoms with Crippen LogP contribution in [0.3, 0.4) is 0 Å². The summed E-state index contributed by atoms with van der Waals surface area (Å²) >= 11 is 1.27. The molecule has 1 aliphatic heterocycles. The fourth-order valence-electron chi connectivity index (χ4n) is 4.78. The van der Waals surface area contributed by atoms with Crippen molar-refractivity contribution < 1.29 is 22.8 Å². The number of carbonyl (C=O) groups excluding carboxylic acids is 2. The number of likely N-dealkylation sites (tertiary alicyclic amines) is 1. The topological polar surface area (TPSA) is 65.5 Å². The lowest BCUT2D eigenvalue weighted by Gasteiger charge is -2.33. The van der Waals surface area contributed by atoms with E-state index in [1.54, 1.807) is 0 Å². The van der Waals surface area contributed by atoms with Gasteiger partial charge < -0.3 is 4.90 Å². The third-order valence-electron chi connectivity index (χ3n) is 6.78. The molecular formula is C24H29F3N4O2S. The molecule has 4 rings (SSSR count). The predicted molar refractivity (Wildman–Crippen MR) is 125 cm³/mol. The first kappa shape index (κ1) is 24.7. The van der Waals surface area contributed by atoms with E-state index in [2.05, 4.69) is 15.2 Å². The van der Waals surface area contributed by atoms with Crippen molar-refractivity contribution in [2.75, 3.05) is 25.5 Å². The summed E-state index contributed by atoms with van der Waals surface area (Å²) in [5.74, 6) is -0.382. The summed E-state index contributed by atoms with van der Waals surface area (Å²) in [7, 11) is 1.90. The van der Waals surface area contributed by atoms with Gasteiger partial charge in [-0.3, -0.25) is 19.8 Å². The minimum Gasteiger partial charge on any atom is -0.342 e. The van der Waals surface area contributed by atoms with Gasteiger partial charge in [0.05, 0.1) is 23.8 Å². The molecule has 1 aliphatic carbocycles. The van der Waals surface area contributed by atoms with Gasteiger partial charge in [0.1, 0.15) is 0 Å². The predicted octanol–water partition coefficient (Wildman–Crippen LogP) is 5.34. The lowest BCUT2D eigenvalue weighted by Crippen LogP contribution is -2.44. The molecule has 1 saturated heterocycles. The standard InChI is InChI=1S/C24H29F3N4O2S/c1-30(18-6-3-2-4-7-18)21(32)14-31-13-5-8-20(31)19-15-34-23(28-19)29-22(33)16-9-11-17(12-10-16)24(25,26)27/h9-12,15,18,20H,2-8,13-14H2,1H3,(H,28,29,33). The Morgan fingerprint density at radius 1 is 1.12 bits per heavy atom. The van der Waals surface area contributed by atoms with Gasteiger partial charge in [0.15, 0.2) is 5.13 Å². The molecule has 184 valence electrons. The first-order chi connectivity index (χ1) is 16.2. The van der Waals surface area contributed by atoms with Crippen molar-refractivity contribution in [3.63, 3.8) is 0 Å². The van der Waals surface area contributed by atoms with E-state index in [1.165, 1.54) is 30.6 Å². The Morgan fingerprint density at radius 3 is 2.50 bits per heavy atom. The average Bonchev–Trinajstić information content (AvgIpc) is 3.48. The SMILES string of the molecule is CN(C(=O)CN1CCCC1c1csc(NC(=O)c2ccc(C(F)(F)F)cc2)n1)C1CCCCC1. The zero-order chi connectivity index (χ0) is 24.3. The quantitative estimate of drug-likeness (QED) is 0.589. The number of likely N-dealkylation sites (N-methyl/N-ethyl adjacent to an activating group) is 1. The zero-order valence-corrected chi connectivity index (χ0v) is 19.9. The van der Waals surface area contributed by atoms with Crippen LogP contribution in [0.25, 0.3) is 0 Å². The Labute approximate surface area is 201 Å². The van der Waals surface area contributed by atoms with E-state index in [-0.39, 0.29) is 17.5 Å². The van der Waals surface area contributed by atoms with Crippen molar-refractivity contribution in [1.82, 2.24) is 14.8 Å². The van der Waals surface area contributed by atoms with Gasteiger partial charge in [-0.05, 0) is 56.5 Å². The number of aromatic nitrogens is 1. The van der Waals surface area contributed by atoms with E-state index in [1.807, 2.05) is 17.3 Å². The minimum absolute atomic E-state index is 0.0108. The molecule has 34 heavy (non-hydrogen) atoms.